The Hall–Kier alpha value is -0.340. The van der Waals surface area contributed by atoms with Gasteiger partial charge in [-0.15, -0.1) is 0 Å². The predicted octanol–water partition coefficient (Wildman–Crippen LogP) is 2.77. The van der Waals surface area contributed by atoms with Crippen molar-refractivity contribution in [3.8, 4) is 0 Å². The van der Waals surface area contributed by atoms with Crippen LogP contribution in [0, 0.1) is 0 Å². The monoisotopic (exact) mass is 206 g/mol. The highest BCUT2D eigenvalue weighted by Gasteiger charge is 2.20. The van der Waals surface area contributed by atoms with E-state index in [2.05, 4.69) is 26.2 Å². The molecule has 1 aliphatic rings. The van der Waals surface area contributed by atoms with Gasteiger partial charge in [0.2, 0.25) is 0 Å². The Morgan fingerprint density at radius 2 is 1.83 bits per heavy atom. The molecule has 68 valence electrons. The van der Waals surface area contributed by atoms with Gasteiger partial charge in [-0.2, -0.15) is 0 Å². The molecular weight excluding hydrogens is 195 g/mol. The molecule has 0 radical (unpaired) electrons. The normalized spacial score (nSPS) is 18.2. The second-order valence-electron chi connectivity index (χ2n) is 3.64. The maximum absolute atomic E-state index is 5.85. The van der Waals surface area contributed by atoms with Crippen molar-refractivity contribution in [2.75, 3.05) is 0 Å². The summed E-state index contributed by atoms with van der Waals surface area (Å²) in [7, 11) is 0. The Balaban J connectivity index is 2.79. The van der Waals surface area contributed by atoms with Crippen molar-refractivity contribution in [1.29, 1.82) is 0 Å². The first-order valence-electron chi connectivity index (χ1n) is 3.70. The molecule has 1 aliphatic heterocycles. The number of allylic oxidation sites excluding steroid dienone is 2. The van der Waals surface area contributed by atoms with Crippen LogP contribution >= 0.6 is 23.2 Å². The van der Waals surface area contributed by atoms with Gasteiger partial charge in [-0.05, 0) is 20.8 Å². The molecule has 0 saturated carbocycles. The maximum atomic E-state index is 5.85. The zero-order chi connectivity index (χ0) is 9.35. The summed E-state index contributed by atoms with van der Waals surface area (Å²) in [6.45, 7) is 6.23. The topological polar surface area (TPSA) is 15.3 Å². The van der Waals surface area contributed by atoms with E-state index >= 15 is 0 Å². The standard InChI is InChI=1S/C8H12Cl2N2/c1-8(2,3)12-5-7(10)6(9)4-11-12/h4-5,11H,1-3H3. The fraction of sp³-hybridized carbons (Fsp3) is 0.500. The quantitative estimate of drug-likeness (QED) is 0.656. The maximum Gasteiger partial charge on any atom is 0.0786 e. The van der Waals surface area contributed by atoms with Gasteiger partial charge in [0.1, 0.15) is 0 Å². The summed E-state index contributed by atoms with van der Waals surface area (Å²) in [6.07, 6.45) is 3.46. The Bertz CT molecular complexity index is 238. The zero-order valence-electron chi connectivity index (χ0n) is 7.36. The van der Waals surface area contributed by atoms with E-state index in [1.165, 1.54) is 0 Å². The Morgan fingerprint density at radius 3 is 2.25 bits per heavy atom. The van der Waals surface area contributed by atoms with E-state index in [1.807, 2.05) is 5.01 Å². The van der Waals surface area contributed by atoms with Crippen LogP contribution in [0.15, 0.2) is 22.5 Å². The van der Waals surface area contributed by atoms with Crippen LogP contribution in [0.3, 0.4) is 0 Å². The molecule has 0 unspecified atom stereocenters. The van der Waals surface area contributed by atoms with Gasteiger partial charge in [0.05, 0.1) is 15.6 Å². The van der Waals surface area contributed by atoms with Gasteiger partial charge in [0.25, 0.3) is 0 Å². The highest BCUT2D eigenvalue weighted by Crippen LogP contribution is 2.24. The minimum Gasteiger partial charge on any atom is -0.304 e. The minimum atomic E-state index is -0.00573. The molecule has 1 rings (SSSR count). The SMILES string of the molecule is CC(C)(C)N1C=C(Cl)C(Cl)=CN1. The highest BCUT2D eigenvalue weighted by atomic mass is 35.5. The number of halogens is 2. The summed E-state index contributed by atoms with van der Waals surface area (Å²) in [4.78, 5) is 0. The van der Waals surface area contributed by atoms with Crippen LogP contribution in [0.25, 0.3) is 0 Å². The Kier molecular flexibility index (Phi) is 2.59. The first-order chi connectivity index (χ1) is 5.41. The van der Waals surface area contributed by atoms with Gasteiger partial charge >= 0.3 is 0 Å². The molecule has 2 nitrogen and oxygen atoms in total. The van der Waals surface area contributed by atoms with Crippen LogP contribution in [-0.4, -0.2) is 10.5 Å². The van der Waals surface area contributed by atoms with Crippen molar-refractivity contribution in [3.63, 3.8) is 0 Å². The van der Waals surface area contributed by atoms with E-state index in [0.29, 0.717) is 10.1 Å². The third kappa shape index (κ3) is 2.08. The summed E-state index contributed by atoms with van der Waals surface area (Å²) < 4.78 is 0. The third-order valence-electron chi connectivity index (χ3n) is 1.52. The van der Waals surface area contributed by atoms with Crippen molar-refractivity contribution in [2.24, 2.45) is 0 Å². The zero-order valence-corrected chi connectivity index (χ0v) is 8.87. The first-order valence-corrected chi connectivity index (χ1v) is 4.46. The van der Waals surface area contributed by atoms with E-state index in [-0.39, 0.29) is 5.54 Å². The van der Waals surface area contributed by atoms with Crippen molar-refractivity contribution < 1.29 is 0 Å². The molecule has 0 bridgehead atoms. The van der Waals surface area contributed by atoms with Crippen LogP contribution in [0.5, 0.6) is 0 Å². The van der Waals surface area contributed by atoms with Crippen molar-refractivity contribution in [3.05, 3.63) is 22.5 Å². The van der Waals surface area contributed by atoms with Gasteiger partial charge < -0.3 is 5.43 Å². The second kappa shape index (κ2) is 3.19. The molecule has 1 heterocycles. The number of hydrogen-bond donors (Lipinski definition) is 1. The fourth-order valence-corrected chi connectivity index (χ4v) is 1.04. The molecular formula is C8H12Cl2N2. The van der Waals surface area contributed by atoms with Crippen LogP contribution in [-0.2, 0) is 0 Å². The molecule has 1 N–H and O–H groups in total. The van der Waals surface area contributed by atoms with Gasteiger partial charge in [-0.25, -0.2) is 0 Å². The number of hydrogen-bond acceptors (Lipinski definition) is 2. The molecule has 0 aromatic rings. The molecule has 0 atom stereocenters. The van der Waals surface area contributed by atoms with E-state index in [9.17, 15) is 0 Å². The predicted molar refractivity (Wildman–Crippen MR) is 52.6 cm³/mol. The van der Waals surface area contributed by atoms with Crippen LogP contribution < -0.4 is 5.43 Å². The summed E-state index contributed by atoms with van der Waals surface area (Å²) in [6, 6.07) is 0. The fourth-order valence-electron chi connectivity index (χ4n) is 0.795. The van der Waals surface area contributed by atoms with Crippen molar-refractivity contribution in [1.82, 2.24) is 10.4 Å². The largest absolute Gasteiger partial charge is 0.304 e. The molecule has 0 amide bonds. The lowest BCUT2D eigenvalue weighted by Crippen LogP contribution is -2.45. The van der Waals surface area contributed by atoms with E-state index in [1.54, 1.807) is 12.4 Å². The lowest BCUT2D eigenvalue weighted by molar-refractivity contribution is 0.159. The average Bonchev–Trinajstić information content (AvgIpc) is 1.92. The summed E-state index contributed by atoms with van der Waals surface area (Å²) in [5, 5.41) is 3.00. The average molecular weight is 207 g/mol. The van der Waals surface area contributed by atoms with Gasteiger partial charge in [0, 0.05) is 12.4 Å². The third-order valence-corrected chi connectivity index (χ3v) is 2.23. The first kappa shape index (κ1) is 9.75. The molecule has 4 heteroatoms. The lowest BCUT2D eigenvalue weighted by Gasteiger charge is -2.36. The van der Waals surface area contributed by atoms with Crippen LogP contribution in [0.4, 0.5) is 0 Å². The van der Waals surface area contributed by atoms with Crippen LogP contribution in [0.1, 0.15) is 20.8 Å². The van der Waals surface area contributed by atoms with E-state index in [4.69, 9.17) is 23.2 Å². The van der Waals surface area contributed by atoms with Gasteiger partial charge in [0.15, 0.2) is 0 Å². The van der Waals surface area contributed by atoms with Crippen molar-refractivity contribution >= 4 is 23.2 Å². The number of nitrogens with one attached hydrogen (secondary N) is 1. The summed E-state index contributed by atoms with van der Waals surface area (Å²) in [5.41, 5.74) is 3.01. The molecule has 0 aromatic carbocycles. The van der Waals surface area contributed by atoms with E-state index in [0.717, 1.165) is 0 Å². The lowest BCUT2D eigenvalue weighted by atomic mass is 10.1. The van der Waals surface area contributed by atoms with Gasteiger partial charge in [-0.3, -0.25) is 5.01 Å². The van der Waals surface area contributed by atoms with E-state index < -0.39 is 0 Å². The number of rotatable bonds is 0. The second-order valence-corrected chi connectivity index (χ2v) is 4.45. The Labute approximate surface area is 82.8 Å². The number of nitrogens with zero attached hydrogens (tertiary/aromatic N) is 1. The molecule has 0 aromatic heterocycles. The molecule has 0 fully saturated rings. The van der Waals surface area contributed by atoms with Crippen molar-refractivity contribution in [2.45, 2.75) is 26.3 Å². The molecule has 12 heavy (non-hydrogen) atoms. The van der Waals surface area contributed by atoms with Gasteiger partial charge in [-0.1, -0.05) is 23.2 Å². The number of hydrazine groups is 1. The minimum absolute atomic E-state index is 0.00573. The smallest absolute Gasteiger partial charge is 0.0786 e. The van der Waals surface area contributed by atoms with Crippen LogP contribution in [0.2, 0.25) is 0 Å². The highest BCUT2D eigenvalue weighted by molar-refractivity contribution is 6.43. The Morgan fingerprint density at radius 1 is 1.25 bits per heavy atom. The summed E-state index contributed by atoms with van der Waals surface area (Å²) >= 11 is 11.6. The molecule has 0 spiro atoms. The molecule has 0 aliphatic carbocycles. The summed E-state index contributed by atoms with van der Waals surface area (Å²) in [5.74, 6) is 0. The molecule has 0 saturated heterocycles.